The van der Waals surface area contributed by atoms with Crippen LogP contribution in [0.2, 0.25) is 0 Å². The summed E-state index contributed by atoms with van der Waals surface area (Å²) < 4.78 is 5.01. The second kappa shape index (κ2) is 8.43. The minimum absolute atomic E-state index is 0.0590. The van der Waals surface area contributed by atoms with Crippen molar-refractivity contribution in [1.82, 2.24) is 20.4 Å². The van der Waals surface area contributed by atoms with Gasteiger partial charge in [-0.2, -0.15) is 0 Å². The summed E-state index contributed by atoms with van der Waals surface area (Å²) in [6, 6.07) is 6.76. The predicted octanol–water partition coefficient (Wildman–Crippen LogP) is 0.940. The summed E-state index contributed by atoms with van der Waals surface area (Å²) in [6.07, 6.45) is 0. The molecular formula is C20H26N4O4. The molecule has 28 heavy (non-hydrogen) atoms. The van der Waals surface area contributed by atoms with E-state index in [1.807, 2.05) is 31.2 Å². The number of esters is 1. The molecule has 8 nitrogen and oxygen atoms in total. The molecule has 0 saturated carbocycles. The van der Waals surface area contributed by atoms with Gasteiger partial charge in [0, 0.05) is 45.3 Å². The molecule has 0 radical (unpaired) electrons. The van der Waals surface area contributed by atoms with Gasteiger partial charge < -0.3 is 20.3 Å². The molecule has 2 aliphatic heterocycles. The van der Waals surface area contributed by atoms with Crippen LogP contribution in [0.1, 0.15) is 24.1 Å². The summed E-state index contributed by atoms with van der Waals surface area (Å²) in [6.45, 7) is 6.56. The van der Waals surface area contributed by atoms with Crippen LogP contribution in [0.3, 0.4) is 0 Å². The highest BCUT2D eigenvalue weighted by Gasteiger charge is 2.34. The van der Waals surface area contributed by atoms with Crippen molar-refractivity contribution in [2.45, 2.75) is 19.9 Å². The Morgan fingerprint density at radius 2 is 1.79 bits per heavy atom. The van der Waals surface area contributed by atoms with Crippen LogP contribution in [0, 0.1) is 6.92 Å². The highest BCUT2D eigenvalue weighted by Crippen LogP contribution is 2.28. The van der Waals surface area contributed by atoms with Gasteiger partial charge in [-0.25, -0.2) is 9.59 Å². The van der Waals surface area contributed by atoms with Gasteiger partial charge in [-0.3, -0.25) is 9.69 Å². The third-order valence-corrected chi connectivity index (χ3v) is 5.17. The van der Waals surface area contributed by atoms with Crippen LogP contribution >= 0.6 is 0 Å². The zero-order valence-corrected chi connectivity index (χ0v) is 16.4. The highest BCUT2D eigenvalue weighted by molar-refractivity contribution is 5.95. The molecule has 1 fully saturated rings. The Balaban J connectivity index is 1.88. The molecule has 1 saturated heterocycles. The highest BCUT2D eigenvalue weighted by atomic mass is 16.5. The van der Waals surface area contributed by atoms with Gasteiger partial charge >= 0.3 is 12.0 Å². The quantitative estimate of drug-likeness (QED) is 0.752. The van der Waals surface area contributed by atoms with Crippen molar-refractivity contribution in [3.05, 3.63) is 46.7 Å². The fourth-order valence-electron chi connectivity index (χ4n) is 3.55. The van der Waals surface area contributed by atoms with Gasteiger partial charge in [0.25, 0.3) is 0 Å². The molecule has 2 N–H and O–H groups in total. The second-order valence-electron chi connectivity index (χ2n) is 7.11. The number of rotatable bonds is 4. The summed E-state index contributed by atoms with van der Waals surface area (Å²) in [5, 5.41) is 5.61. The van der Waals surface area contributed by atoms with E-state index in [0.717, 1.165) is 11.1 Å². The lowest BCUT2D eigenvalue weighted by atomic mass is 9.94. The molecule has 0 spiro atoms. The van der Waals surface area contributed by atoms with Gasteiger partial charge in [0.1, 0.15) is 0 Å². The number of benzene rings is 1. The van der Waals surface area contributed by atoms with E-state index in [1.54, 1.807) is 11.8 Å². The lowest BCUT2D eigenvalue weighted by Crippen LogP contribution is -2.52. The maximum atomic E-state index is 12.6. The Morgan fingerprint density at radius 1 is 1.14 bits per heavy atom. The molecule has 3 rings (SSSR count). The lowest BCUT2D eigenvalue weighted by molar-refractivity contribution is -0.136. The Bertz CT molecular complexity index is 795. The minimum atomic E-state index is -0.574. The van der Waals surface area contributed by atoms with E-state index in [1.165, 1.54) is 7.11 Å². The number of ether oxygens (including phenoxy) is 1. The molecule has 150 valence electrons. The SMILES string of the molecule is COC(=O)C1=C(CN2CCN(C(C)=O)CC2)NC(=O)N[C@H]1c1ccc(C)cc1. The van der Waals surface area contributed by atoms with E-state index in [2.05, 4.69) is 15.5 Å². The van der Waals surface area contributed by atoms with Crippen LogP contribution in [0.25, 0.3) is 0 Å². The van der Waals surface area contributed by atoms with Gasteiger partial charge in [0.05, 0.1) is 18.7 Å². The molecular weight excluding hydrogens is 360 g/mol. The minimum Gasteiger partial charge on any atom is -0.466 e. The van der Waals surface area contributed by atoms with E-state index in [0.29, 0.717) is 44.0 Å². The number of methoxy groups -OCH3 is 1. The first-order valence-corrected chi connectivity index (χ1v) is 9.32. The van der Waals surface area contributed by atoms with E-state index in [-0.39, 0.29) is 11.9 Å². The first-order valence-electron chi connectivity index (χ1n) is 9.32. The molecule has 1 aromatic carbocycles. The van der Waals surface area contributed by atoms with Gasteiger partial charge in [-0.1, -0.05) is 29.8 Å². The van der Waals surface area contributed by atoms with Crippen LogP contribution in [0.15, 0.2) is 35.5 Å². The van der Waals surface area contributed by atoms with Crippen molar-refractivity contribution in [3.8, 4) is 0 Å². The van der Waals surface area contributed by atoms with Crippen LogP contribution in [-0.2, 0) is 14.3 Å². The molecule has 1 atom stereocenters. The zero-order chi connectivity index (χ0) is 20.3. The molecule has 1 aromatic rings. The second-order valence-corrected chi connectivity index (χ2v) is 7.11. The fourth-order valence-corrected chi connectivity index (χ4v) is 3.55. The number of carbonyl (C=O) groups excluding carboxylic acids is 3. The summed E-state index contributed by atoms with van der Waals surface area (Å²) in [7, 11) is 1.33. The average molecular weight is 386 g/mol. The number of urea groups is 1. The van der Waals surface area contributed by atoms with Crippen LogP contribution in [0.4, 0.5) is 4.79 Å². The molecule has 0 unspecified atom stereocenters. The summed E-state index contributed by atoms with van der Waals surface area (Å²) in [5.41, 5.74) is 2.85. The Morgan fingerprint density at radius 3 is 2.36 bits per heavy atom. The Kier molecular flexibility index (Phi) is 5.99. The molecule has 0 bridgehead atoms. The normalized spacial score (nSPS) is 20.5. The van der Waals surface area contributed by atoms with Gasteiger partial charge in [-0.15, -0.1) is 0 Å². The van der Waals surface area contributed by atoms with Gasteiger partial charge in [-0.05, 0) is 12.5 Å². The predicted molar refractivity (Wildman–Crippen MR) is 103 cm³/mol. The molecule has 0 aliphatic carbocycles. The topological polar surface area (TPSA) is 91.0 Å². The molecule has 3 amide bonds. The van der Waals surface area contributed by atoms with Crippen molar-refractivity contribution >= 4 is 17.9 Å². The number of nitrogens with zero attached hydrogens (tertiary/aromatic N) is 2. The first-order chi connectivity index (χ1) is 13.4. The smallest absolute Gasteiger partial charge is 0.338 e. The number of nitrogens with one attached hydrogen (secondary N) is 2. The number of amides is 3. The zero-order valence-electron chi connectivity index (χ0n) is 16.4. The molecule has 2 heterocycles. The third-order valence-electron chi connectivity index (χ3n) is 5.17. The van der Waals surface area contributed by atoms with Gasteiger partial charge in [0.15, 0.2) is 0 Å². The van der Waals surface area contributed by atoms with Crippen molar-refractivity contribution in [3.63, 3.8) is 0 Å². The lowest BCUT2D eigenvalue weighted by Gasteiger charge is -2.36. The number of hydrogen-bond donors (Lipinski definition) is 2. The maximum absolute atomic E-state index is 12.6. The Hall–Kier alpha value is -2.87. The molecule has 8 heteroatoms. The maximum Gasteiger partial charge on any atom is 0.338 e. The number of carbonyl (C=O) groups is 3. The fraction of sp³-hybridized carbons (Fsp3) is 0.450. The van der Waals surface area contributed by atoms with E-state index in [4.69, 9.17) is 4.74 Å². The third kappa shape index (κ3) is 4.33. The summed E-state index contributed by atoms with van der Waals surface area (Å²) >= 11 is 0. The summed E-state index contributed by atoms with van der Waals surface area (Å²) in [4.78, 5) is 40.3. The van der Waals surface area contributed by atoms with Crippen LogP contribution in [0.5, 0.6) is 0 Å². The van der Waals surface area contributed by atoms with Crippen molar-refractivity contribution < 1.29 is 19.1 Å². The van der Waals surface area contributed by atoms with Gasteiger partial charge in [0.2, 0.25) is 5.91 Å². The average Bonchev–Trinajstić information content (AvgIpc) is 2.68. The molecule has 2 aliphatic rings. The van der Waals surface area contributed by atoms with Crippen molar-refractivity contribution in [1.29, 1.82) is 0 Å². The number of aryl methyl sites for hydroxylation is 1. The van der Waals surface area contributed by atoms with Crippen LogP contribution in [-0.4, -0.2) is 67.5 Å². The van der Waals surface area contributed by atoms with Crippen LogP contribution < -0.4 is 10.6 Å². The largest absolute Gasteiger partial charge is 0.466 e. The molecule has 0 aromatic heterocycles. The van der Waals surface area contributed by atoms with Crippen molar-refractivity contribution in [2.24, 2.45) is 0 Å². The monoisotopic (exact) mass is 386 g/mol. The van der Waals surface area contributed by atoms with E-state index >= 15 is 0 Å². The van der Waals surface area contributed by atoms with Crippen molar-refractivity contribution in [2.75, 3.05) is 39.8 Å². The summed E-state index contributed by atoms with van der Waals surface area (Å²) in [5.74, 6) is -0.417. The standard InChI is InChI=1S/C20H26N4O4/c1-13-4-6-15(7-5-13)18-17(19(26)28-3)16(21-20(27)22-18)12-23-8-10-24(11-9-23)14(2)25/h4-7,18H,8-12H2,1-3H3,(H2,21,22,27)/t18-/m0/s1. The first kappa shape index (κ1) is 19.9. The number of hydrogen-bond acceptors (Lipinski definition) is 5. The number of piperazine rings is 1. The van der Waals surface area contributed by atoms with E-state index < -0.39 is 12.0 Å². The Labute approximate surface area is 164 Å². The van der Waals surface area contributed by atoms with E-state index in [9.17, 15) is 14.4 Å².